The molecule has 0 amide bonds. The van der Waals surface area contributed by atoms with Crippen molar-refractivity contribution in [3.8, 4) is 23.0 Å². The summed E-state index contributed by atoms with van der Waals surface area (Å²) < 4.78 is 37.3. The number of ether oxygens (including phenoxy) is 1. The van der Waals surface area contributed by atoms with Crippen LogP contribution in [0.5, 0.6) is 11.8 Å². The van der Waals surface area contributed by atoms with E-state index in [1.165, 1.54) is 6.07 Å². The van der Waals surface area contributed by atoms with Crippen LogP contribution in [-0.2, 0) is 0 Å². The predicted molar refractivity (Wildman–Crippen MR) is 164 cm³/mol. The molecule has 43 heavy (non-hydrogen) atoms. The van der Waals surface area contributed by atoms with Gasteiger partial charge in [-0.25, -0.2) is 8.78 Å². The number of pyridine rings is 1. The SMILES string of the molecule is CN(C[C@@]1(C)CCCN1)c1nc(OC[C@@]23CCCN2C[C@H](F)C3)nc2c(F)c(-c3cc(O)cc4cccc(Cl)c34)ncc12. The van der Waals surface area contributed by atoms with Gasteiger partial charge in [-0.05, 0) is 69.3 Å². The number of phenolic OH excluding ortho intramolecular Hbond substituents is 1. The van der Waals surface area contributed by atoms with Crippen LogP contribution in [0.2, 0.25) is 5.02 Å². The summed E-state index contributed by atoms with van der Waals surface area (Å²) in [6.07, 6.45) is 5.00. The van der Waals surface area contributed by atoms with E-state index >= 15 is 4.39 Å². The Morgan fingerprint density at radius 1 is 1.23 bits per heavy atom. The van der Waals surface area contributed by atoms with Crippen LogP contribution in [0.4, 0.5) is 14.6 Å². The standard InChI is InChI=1S/C32H35ClF2N6O2/c1-31(8-4-10-37-31)17-40(2)29-23-15-36-27(22-13-21(42)12-19-6-3-7-24(33)25(19)22)26(35)28(23)38-30(39-29)43-18-32-9-5-11-41(32)16-20(34)14-32/h3,6-7,12-13,15,20,37,42H,4-5,8-11,14,16-18H2,1-2H3/t20-,31-,32+/m1/s1. The van der Waals surface area contributed by atoms with Crippen molar-refractivity contribution < 1.29 is 18.6 Å². The fourth-order valence-electron chi connectivity index (χ4n) is 7.46. The van der Waals surface area contributed by atoms with Gasteiger partial charge in [0.05, 0.1) is 10.9 Å². The molecule has 2 aromatic carbocycles. The Bertz CT molecular complexity index is 1720. The highest BCUT2D eigenvalue weighted by molar-refractivity contribution is 6.36. The number of nitrogens with zero attached hydrogens (tertiary/aromatic N) is 5. The van der Waals surface area contributed by atoms with Crippen LogP contribution in [0.25, 0.3) is 32.9 Å². The lowest BCUT2D eigenvalue weighted by molar-refractivity contribution is 0.107. The minimum absolute atomic E-state index is 0.0146. The normalized spacial score (nSPS) is 25.6. The van der Waals surface area contributed by atoms with Crippen molar-refractivity contribution in [2.24, 2.45) is 0 Å². The first-order chi connectivity index (χ1) is 20.6. The zero-order valence-corrected chi connectivity index (χ0v) is 25.1. The number of likely N-dealkylation sites (N-methyl/N-ethyl adjacent to an activating group) is 1. The van der Waals surface area contributed by atoms with Crippen LogP contribution in [0, 0.1) is 5.82 Å². The van der Waals surface area contributed by atoms with Gasteiger partial charge < -0.3 is 20.1 Å². The Balaban J connectivity index is 1.34. The van der Waals surface area contributed by atoms with Gasteiger partial charge >= 0.3 is 6.01 Å². The molecule has 3 atom stereocenters. The van der Waals surface area contributed by atoms with Gasteiger partial charge in [0.15, 0.2) is 5.82 Å². The fourth-order valence-corrected chi connectivity index (χ4v) is 7.74. The third-order valence-electron chi connectivity index (χ3n) is 9.45. The van der Waals surface area contributed by atoms with Crippen molar-refractivity contribution in [2.75, 3.05) is 44.7 Å². The maximum Gasteiger partial charge on any atom is 0.319 e. The molecule has 2 N–H and O–H groups in total. The van der Waals surface area contributed by atoms with E-state index in [1.54, 1.807) is 30.5 Å². The van der Waals surface area contributed by atoms with E-state index in [0.717, 1.165) is 38.8 Å². The van der Waals surface area contributed by atoms with Crippen molar-refractivity contribution in [1.82, 2.24) is 25.2 Å². The molecular formula is C32H35ClF2N6O2. The molecule has 2 aromatic heterocycles. The number of hydrogen-bond donors (Lipinski definition) is 2. The maximum atomic E-state index is 16.6. The number of anilines is 1. The second-order valence-electron chi connectivity index (χ2n) is 12.7. The Hall–Kier alpha value is -3.34. The number of fused-ring (bicyclic) bond motifs is 3. The highest BCUT2D eigenvalue weighted by atomic mass is 35.5. The second kappa shape index (κ2) is 10.7. The molecule has 0 aliphatic carbocycles. The Labute approximate surface area is 254 Å². The molecule has 0 saturated carbocycles. The number of aromatic hydroxyl groups is 1. The van der Waals surface area contributed by atoms with Gasteiger partial charge in [-0.15, -0.1) is 0 Å². The van der Waals surface area contributed by atoms with Gasteiger partial charge in [-0.3, -0.25) is 9.88 Å². The van der Waals surface area contributed by atoms with E-state index in [-0.39, 0.29) is 35.1 Å². The summed E-state index contributed by atoms with van der Waals surface area (Å²) in [4.78, 5) is 18.0. The summed E-state index contributed by atoms with van der Waals surface area (Å²) in [6, 6.07) is 8.39. The average molecular weight is 609 g/mol. The molecule has 3 fully saturated rings. The lowest BCUT2D eigenvalue weighted by Crippen LogP contribution is -2.46. The summed E-state index contributed by atoms with van der Waals surface area (Å²) in [5, 5.41) is 16.2. The first-order valence-electron chi connectivity index (χ1n) is 14.9. The Kier molecular flexibility index (Phi) is 7.06. The molecule has 0 spiro atoms. The monoisotopic (exact) mass is 608 g/mol. The molecule has 3 aliphatic rings. The van der Waals surface area contributed by atoms with Gasteiger partial charge in [0.1, 0.15) is 35.6 Å². The summed E-state index contributed by atoms with van der Waals surface area (Å²) in [5.74, 6) is -0.192. The Morgan fingerprint density at radius 2 is 2.09 bits per heavy atom. The number of hydrogen-bond acceptors (Lipinski definition) is 8. The largest absolute Gasteiger partial charge is 0.508 e. The molecular weight excluding hydrogens is 574 g/mol. The van der Waals surface area contributed by atoms with Crippen molar-refractivity contribution >= 4 is 39.1 Å². The number of phenols is 1. The van der Waals surface area contributed by atoms with Crippen LogP contribution in [-0.4, -0.2) is 82.0 Å². The molecule has 5 heterocycles. The van der Waals surface area contributed by atoms with E-state index in [2.05, 4.69) is 27.1 Å². The van der Waals surface area contributed by atoms with Crippen LogP contribution < -0.4 is 15.0 Å². The van der Waals surface area contributed by atoms with Crippen molar-refractivity contribution in [3.63, 3.8) is 0 Å². The summed E-state index contributed by atoms with van der Waals surface area (Å²) in [5.41, 5.74) is -0.0932. The zero-order chi connectivity index (χ0) is 29.9. The topological polar surface area (TPSA) is 86.6 Å². The van der Waals surface area contributed by atoms with Gasteiger partial charge in [0, 0.05) is 54.3 Å². The van der Waals surface area contributed by atoms with E-state index in [0.29, 0.717) is 52.1 Å². The smallest absolute Gasteiger partial charge is 0.319 e. The highest BCUT2D eigenvalue weighted by Crippen LogP contribution is 2.42. The molecule has 8 nitrogen and oxygen atoms in total. The molecule has 4 aromatic rings. The molecule has 3 saturated heterocycles. The minimum Gasteiger partial charge on any atom is -0.508 e. The molecule has 0 radical (unpaired) electrons. The number of nitrogens with one attached hydrogen (secondary N) is 1. The zero-order valence-electron chi connectivity index (χ0n) is 24.3. The van der Waals surface area contributed by atoms with Crippen molar-refractivity contribution in [3.05, 3.63) is 47.4 Å². The number of alkyl halides is 1. The van der Waals surface area contributed by atoms with Crippen LogP contribution in [0.1, 0.15) is 39.0 Å². The summed E-state index contributed by atoms with van der Waals surface area (Å²) in [7, 11) is 1.92. The van der Waals surface area contributed by atoms with Crippen molar-refractivity contribution in [1.29, 1.82) is 0 Å². The highest BCUT2D eigenvalue weighted by Gasteiger charge is 2.49. The molecule has 7 rings (SSSR count). The van der Waals surface area contributed by atoms with Crippen LogP contribution in [0.3, 0.4) is 0 Å². The van der Waals surface area contributed by atoms with Gasteiger partial charge in [0.25, 0.3) is 0 Å². The van der Waals surface area contributed by atoms with E-state index < -0.39 is 17.5 Å². The quantitative estimate of drug-likeness (QED) is 0.269. The first kappa shape index (κ1) is 28.4. The molecule has 11 heteroatoms. The lowest BCUT2D eigenvalue weighted by Gasteiger charge is -2.32. The third-order valence-corrected chi connectivity index (χ3v) is 9.76. The van der Waals surface area contributed by atoms with Gasteiger partial charge in [-0.2, -0.15) is 9.97 Å². The molecule has 226 valence electrons. The number of halogens is 3. The van der Waals surface area contributed by atoms with Gasteiger partial charge in [-0.1, -0.05) is 23.7 Å². The Morgan fingerprint density at radius 3 is 2.91 bits per heavy atom. The number of benzene rings is 2. The number of aromatic nitrogens is 3. The second-order valence-corrected chi connectivity index (χ2v) is 13.1. The summed E-state index contributed by atoms with van der Waals surface area (Å²) in [6.45, 7) is 5.23. The van der Waals surface area contributed by atoms with Crippen LogP contribution >= 0.6 is 11.6 Å². The van der Waals surface area contributed by atoms with E-state index in [1.807, 2.05) is 11.9 Å². The van der Waals surface area contributed by atoms with Crippen LogP contribution in [0.15, 0.2) is 36.5 Å². The maximum absolute atomic E-state index is 16.6. The third kappa shape index (κ3) is 5.03. The minimum atomic E-state index is -0.891. The van der Waals surface area contributed by atoms with E-state index in [4.69, 9.17) is 21.3 Å². The lowest BCUT2D eigenvalue weighted by atomic mass is 9.95. The first-order valence-corrected chi connectivity index (χ1v) is 15.3. The average Bonchev–Trinajstić information content (AvgIpc) is 3.65. The molecule has 0 bridgehead atoms. The molecule has 3 aliphatic heterocycles. The van der Waals surface area contributed by atoms with Gasteiger partial charge in [0.2, 0.25) is 0 Å². The summed E-state index contributed by atoms with van der Waals surface area (Å²) >= 11 is 6.56. The number of rotatable bonds is 7. The van der Waals surface area contributed by atoms with Crippen molar-refractivity contribution in [2.45, 2.75) is 56.3 Å². The molecule has 0 unspecified atom stereocenters. The fraction of sp³-hybridized carbons (Fsp3) is 0.469. The van der Waals surface area contributed by atoms with E-state index in [9.17, 15) is 9.50 Å². The predicted octanol–water partition coefficient (Wildman–Crippen LogP) is 5.88.